The van der Waals surface area contributed by atoms with Crippen molar-refractivity contribution in [2.45, 2.75) is 0 Å². The lowest BCUT2D eigenvalue weighted by atomic mass is 10.0. The molecular weight excluding hydrogens is 315 g/mol. The van der Waals surface area contributed by atoms with Gasteiger partial charge < -0.3 is 10.2 Å². The molecule has 0 unspecified atom stereocenters. The first-order chi connectivity index (χ1) is 11.5. The van der Waals surface area contributed by atoms with Crippen LogP contribution in [0.4, 0.5) is 4.39 Å². The van der Waals surface area contributed by atoms with Gasteiger partial charge in [0, 0.05) is 29.6 Å². The predicted molar refractivity (Wildman–Crippen MR) is 80.1 cm³/mol. The molecule has 24 heavy (non-hydrogen) atoms. The maximum atomic E-state index is 14.0. The number of aromatic carboxylic acids is 1. The molecule has 0 saturated carbocycles. The Morgan fingerprint density at radius 3 is 2.75 bits per heavy atom. The number of hydrogen-bond acceptors (Lipinski definition) is 5. The summed E-state index contributed by atoms with van der Waals surface area (Å²) in [5.41, 5.74) is 0.327. The number of aromatic hydroxyl groups is 1. The number of rotatable bonds is 3. The summed E-state index contributed by atoms with van der Waals surface area (Å²) in [4.78, 5) is 15.0. The molecule has 0 amide bonds. The van der Waals surface area contributed by atoms with Gasteiger partial charge >= 0.3 is 5.97 Å². The van der Waals surface area contributed by atoms with Crippen LogP contribution in [0.3, 0.4) is 0 Å². The molecule has 0 aliphatic carbocycles. The van der Waals surface area contributed by atoms with Crippen molar-refractivity contribution in [1.82, 2.24) is 14.8 Å². The van der Waals surface area contributed by atoms with Crippen molar-refractivity contribution >= 4 is 5.97 Å². The molecule has 0 spiro atoms. The fourth-order valence-corrected chi connectivity index (χ4v) is 2.16. The largest absolute Gasteiger partial charge is 0.505 e. The number of carboxylic acids is 1. The third kappa shape index (κ3) is 2.55. The van der Waals surface area contributed by atoms with Gasteiger partial charge in [0.2, 0.25) is 0 Å². The van der Waals surface area contributed by atoms with E-state index in [9.17, 15) is 19.6 Å². The monoisotopic (exact) mass is 324 g/mol. The SMILES string of the molecule is N#Cc1cc(-n2cc(C(=O)O)cn2)ncc1-c1cccc(O)c1F. The zero-order chi connectivity index (χ0) is 17.3. The van der Waals surface area contributed by atoms with E-state index in [-0.39, 0.29) is 28.1 Å². The van der Waals surface area contributed by atoms with Gasteiger partial charge in [0.1, 0.15) is 0 Å². The molecule has 2 heterocycles. The third-order valence-electron chi connectivity index (χ3n) is 3.34. The molecule has 8 heteroatoms. The van der Waals surface area contributed by atoms with E-state index in [0.29, 0.717) is 0 Å². The molecule has 0 fully saturated rings. The van der Waals surface area contributed by atoms with E-state index in [1.807, 2.05) is 6.07 Å². The smallest absolute Gasteiger partial charge is 0.338 e. The molecule has 0 aliphatic heterocycles. The van der Waals surface area contributed by atoms with E-state index in [1.54, 1.807) is 0 Å². The van der Waals surface area contributed by atoms with E-state index in [0.717, 1.165) is 6.20 Å². The number of pyridine rings is 1. The molecule has 2 aromatic heterocycles. The molecule has 2 N–H and O–H groups in total. The lowest BCUT2D eigenvalue weighted by Gasteiger charge is -2.08. The summed E-state index contributed by atoms with van der Waals surface area (Å²) >= 11 is 0. The maximum Gasteiger partial charge on any atom is 0.338 e. The van der Waals surface area contributed by atoms with Gasteiger partial charge in [-0.05, 0) is 6.07 Å². The Labute approximate surface area is 134 Å². The molecule has 0 bridgehead atoms. The van der Waals surface area contributed by atoms with Crippen LogP contribution in [-0.2, 0) is 0 Å². The number of nitriles is 1. The van der Waals surface area contributed by atoms with E-state index < -0.39 is 17.5 Å². The van der Waals surface area contributed by atoms with Crippen molar-refractivity contribution < 1.29 is 19.4 Å². The van der Waals surface area contributed by atoms with Gasteiger partial charge in [0.25, 0.3) is 0 Å². The molecular formula is C16H9FN4O3. The quantitative estimate of drug-likeness (QED) is 0.765. The second-order valence-corrected chi connectivity index (χ2v) is 4.82. The van der Waals surface area contributed by atoms with E-state index in [2.05, 4.69) is 10.1 Å². The molecule has 1 aromatic carbocycles. The van der Waals surface area contributed by atoms with Gasteiger partial charge in [0.05, 0.1) is 23.4 Å². The Bertz CT molecular complexity index is 991. The summed E-state index contributed by atoms with van der Waals surface area (Å²) < 4.78 is 15.3. The zero-order valence-corrected chi connectivity index (χ0v) is 12.0. The molecule has 0 aliphatic rings. The lowest BCUT2D eigenvalue weighted by Crippen LogP contribution is -2.01. The van der Waals surface area contributed by atoms with Gasteiger partial charge in [-0.3, -0.25) is 0 Å². The molecule has 0 atom stereocenters. The van der Waals surface area contributed by atoms with Crippen LogP contribution in [0.25, 0.3) is 16.9 Å². The fourth-order valence-electron chi connectivity index (χ4n) is 2.16. The number of carbonyl (C=O) groups is 1. The van der Waals surface area contributed by atoms with Crippen LogP contribution in [0.2, 0.25) is 0 Å². The number of carboxylic acid groups (broad SMARTS) is 1. The molecule has 7 nitrogen and oxygen atoms in total. The normalized spacial score (nSPS) is 10.3. The average molecular weight is 324 g/mol. The lowest BCUT2D eigenvalue weighted by molar-refractivity contribution is 0.0697. The molecule has 3 rings (SSSR count). The number of halogens is 1. The van der Waals surface area contributed by atoms with Crippen LogP contribution in [0.15, 0.2) is 42.9 Å². The summed E-state index contributed by atoms with van der Waals surface area (Å²) in [7, 11) is 0. The van der Waals surface area contributed by atoms with Gasteiger partial charge in [-0.25, -0.2) is 18.9 Å². The van der Waals surface area contributed by atoms with E-state index >= 15 is 0 Å². The van der Waals surface area contributed by atoms with Crippen molar-refractivity contribution in [2.75, 3.05) is 0 Å². The van der Waals surface area contributed by atoms with E-state index in [1.165, 1.54) is 41.3 Å². The number of phenols is 1. The molecule has 0 radical (unpaired) electrons. The minimum absolute atomic E-state index is 0.0292. The summed E-state index contributed by atoms with van der Waals surface area (Å²) in [5, 5.41) is 31.6. The predicted octanol–water partition coefficient (Wildman–Crippen LogP) is 2.35. The van der Waals surface area contributed by atoms with Crippen LogP contribution >= 0.6 is 0 Å². The Balaban J connectivity index is 2.10. The number of benzene rings is 1. The Morgan fingerprint density at radius 1 is 1.29 bits per heavy atom. The first-order valence-corrected chi connectivity index (χ1v) is 6.67. The third-order valence-corrected chi connectivity index (χ3v) is 3.34. The van der Waals surface area contributed by atoms with Crippen LogP contribution in [-0.4, -0.2) is 30.9 Å². The van der Waals surface area contributed by atoms with Crippen LogP contribution in [0, 0.1) is 17.1 Å². The Morgan fingerprint density at radius 2 is 2.08 bits per heavy atom. The Kier molecular flexibility index (Phi) is 3.67. The number of aromatic nitrogens is 3. The minimum Gasteiger partial charge on any atom is -0.505 e. The zero-order valence-electron chi connectivity index (χ0n) is 12.0. The van der Waals surface area contributed by atoms with E-state index in [4.69, 9.17) is 5.11 Å². The summed E-state index contributed by atoms with van der Waals surface area (Å²) in [6.07, 6.45) is 3.67. The summed E-state index contributed by atoms with van der Waals surface area (Å²) in [6, 6.07) is 7.37. The average Bonchev–Trinajstić information content (AvgIpc) is 3.07. The van der Waals surface area contributed by atoms with Gasteiger partial charge in [0.15, 0.2) is 17.4 Å². The molecule has 118 valence electrons. The number of phenolic OH excluding ortho intramolecular Hbond substituents is 1. The van der Waals surface area contributed by atoms with Crippen LogP contribution < -0.4 is 0 Å². The van der Waals surface area contributed by atoms with Crippen LogP contribution in [0.5, 0.6) is 5.75 Å². The topological polar surface area (TPSA) is 112 Å². The number of hydrogen-bond donors (Lipinski definition) is 2. The van der Waals surface area contributed by atoms with Crippen molar-refractivity contribution in [3.05, 3.63) is 59.8 Å². The first kappa shape index (κ1) is 15.2. The highest BCUT2D eigenvalue weighted by Gasteiger charge is 2.15. The molecule has 3 aromatic rings. The number of nitrogens with zero attached hydrogens (tertiary/aromatic N) is 4. The van der Waals surface area contributed by atoms with Gasteiger partial charge in [-0.15, -0.1) is 0 Å². The minimum atomic E-state index is -1.14. The second kappa shape index (κ2) is 5.81. The van der Waals surface area contributed by atoms with Crippen molar-refractivity contribution in [1.29, 1.82) is 5.26 Å². The Hall–Kier alpha value is -3.73. The summed E-state index contributed by atoms with van der Waals surface area (Å²) in [6.45, 7) is 0. The van der Waals surface area contributed by atoms with Gasteiger partial charge in [-0.1, -0.05) is 12.1 Å². The first-order valence-electron chi connectivity index (χ1n) is 6.67. The highest BCUT2D eigenvalue weighted by Crippen LogP contribution is 2.30. The van der Waals surface area contributed by atoms with Crippen molar-refractivity contribution in [2.24, 2.45) is 0 Å². The maximum absolute atomic E-state index is 14.0. The fraction of sp³-hybridized carbons (Fsp3) is 0. The van der Waals surface area contributed by atoms with Crippen molar-refractivity contribution in [3.63, 3.8) is 0 Å². The highest BCUT2D eigenvalue weighted by molar-refractivity contribution is 5.87. The van der Waals surface area contributed by atoms with Crippen LogP contribution in [0.1, 0.15) is 15.9 Å². The van der Waals surface area contributed by atoms with Gasteiger partial charge in [-0.2, -0.15) is 10.4 Å². The summed E-state index contributed by atoms with van der Waals surface area (Å²) in [5.74, 6) is -2.31. The molecule has 0 saturated heterocycles. The highest BCUT2D eigenvalue weighted by atomic mass is 19.1. The van der Waals surface area contributed by atoms with Crippen molar-refractivity contribution in [3.8, 4) is 28.8 Å². The second-order valence-electron chi connectivity index (χ2n) is 4.82. The standard InChI is InChI=1S/C16H9FN4O3/c17-15-11(2-1-3-13(15)22)12-7-19-14(4-9(12)5-18)21-8-10(6-20-21)16(23)24/h1-4,6-8,22H,(H,23,24).